The molecule has 0 bridgehead atoms. The quantitative estimate of drug-likeness (QED) is 0.602. The molecule has 1 N–H and O–H groups in total. The fourth-order valence-corrected chi connectivity index (χ4v) is 2.88. The highest BCUT2D eigenvalue weighted by molar-refractivity contribution is 8.01. The Kier molecular flexibility index (Phi) is 5.44. The molecule has 0 aliphatic heterocycles. The predicted molar refractivity (Wildman–Crippen MR) is 63.1 cm³/mol. The molecule has 3 nitrogen and oxygen atoms in total. The van der Waals surface area contributed by atoms with E-state index < -0.39 is 0 Å². The van der Waals surface area contributed by atoms with Crippen LogP contribution in [0.1, 0.15) is 24.8 Å². The Hall–Kier alpha value is -0.130. The zero-order valence-electron chi connectivity index (χ0n) is 8.91. The molecule has 0 radical (unpaired) electrons. The first-order valence-corrected chi connectivity index (χ1v) is 6.62. The summed E-state index contributed by atoms with van der Waals surface area (Å²) in [5.41, 5.74) is 0. The van der Waals surface area contributed by atoms with Crippen molar-refractivity contribution in [3.63, 3.8) is 0 Å². The van der Waals surface area contributed by atoms with Gasteiger partial charge in [-0.2, -0.15) is 0 Å². The van der Waals surface area contributed by atoms with Gasteiger partial charge in [0.1, 0.15) is 5.01 Å². The molecule has 1 rings (SSSR count). The molecule has 0 aliphatic carbocycles. The standard InChI is InChI=1S/C9H17N3S2/c1-7(10-3)5-4-6-13-9-12-11-8(2)14-9/h7,10H,4-6H2,1-3H3. The number of nitrogens with zero attached hydrogens (tertiary/aromatic N) is 2. The summed E-state index contributed by atoms with van der Waals surface area (Å²) >= 11 is 3.49. The summed E-state index contributed by atoms with van der Waals surface area (Å²) in [6, 6.07) is 0.617. The molecular formula is C9H17N3S2. The number of aryl methyl sites for hydroxylation is 1. The highest BCUT2D eigenvalue weighted by Gasteiger charge is 2.02. The van der Waals surface area contributed by atoms with Gasteiger partial charge in [0.15, 0.2) is 4.34 Å². The van der Waals surface area contributed by atoms with Crippen LogP contribution in [-0.4, -0.2) is 29.0 Å². The number of aromatic nitrogens is 2. The van der Waals surface area contributed by atoms with Gasteiger partial charge in [0.05, 0.1) is 0 Å². The van der Waals surface area contributed by atoms with Crippen LogP contribution in [0.5, 0.6) is 0 Å². The maximum Gasteiger partial charge on any atom is 0.174 e. The van der Waals surface area contributed by atoms with Gasteiger partial charge < -0.3 is 5.32 Å². The summed E-state index contributed by atoms with van der Waals surface area (Å²) < 4.78 is 1.10. The SMILES string of the molecule is CNC(C)CCCSc1nnc(C)s1. The minimum Gasteiger partial charge on any atom is -0.317 e. The van der Waals surface area contributed by atoms with Crippen LogP contribution < -0.4 is 5.32 Å². The molecule has 0 saturated carbocycles. The fraction of sp³-hybridized carbons (Fsp3) is 0.778. The van der Waals surface area contributed by atoms with E-state index in [-0.39, 0.29) is 0 Å². The summed E-state index contributed by atoms with van der Waals surface area (Å²) in [5, 5.41) is 12.3. The fourth-order valence-electron chi connectivity index (χ4n) is 1.03. The minimum absolute atomic E-state index is 0.617. The van der Waals surface area contributed by atoms with Crippen LogP contribution in [0.4, 0.5) is 0 Å². The molecule has 0 saturated heterocycles. The van der Waals surface area contributed by atoms with E-state index in [9.17, 15) is 0 Å². The lowest BCUT2D eigenvalue weighted by atomic mass is 10.2. The molecule has 14 heavy (non-hydrogen) atoms. The second-order valence-corrected chi connectivity index (χ2v) is 5.79. The number of rotatable bonds is 6. The van der Waals surface area contributed by atoms with Crippen molar-refractivity contribution in [2.24, 2.45) is 0 Å². The highest BCUT2D eigenvalue weighted by Crippen LogP contribution is 2.22. The summed E-state index contributed by atoms with van der Waals surface area (Å²) in [6.07, 6.45) is 2.45. The number of hydrogen-bond donors (Lipinski definition) is 1. The number of thioether (sulfide) groups is 1. The zero-order chi connectivity index (χ0) is 10.4. The third-order valence-electron chi connectivity index (χ3n) is 2.01. The van der Waals surface area contributed by atoms with Gasteiger partial charge in [-0.25, -0.2) is 0 Å². The van der Waals surface area contributed by atoms with Gasteiger partial charge in [-0.1, -0.05) is 23.1 Å². The van der Waals surface area contributed by atoms with Crippen LogP contribution in [0.25, 0.3) is 0 Å². The minimum atomic E-state index is 0.617. The van der Waals surface area contributed by atoms with E-state index in [1.54, 1.807) is 11.3 Å². The third-order valence-corrected chi connectivity index (χ3v) is 4.07. The molecule has 5 heteroatoms. The Labute approximate surface area is 93.7 Å². The average Bonchev–Trinajstić information content (AvgIpc) is 2.58. The molecule has 1 atom stereocenters. The first kappa shape index (κ1) is 11.9. The van der Waals surface area contributed by atoms with E-state index in [0.29, 0.717) is 6.04 Å². The highest BCUT2D eigenvalue weighted by atomic mass is 32.2. The van der Waals surface area contributed by atoms with E-state index in [0.717, 1.165) is 15.1 Å². The predicted octanol–water partition coefficient (Wildman–Crippen LogP) is 2.33. The Balaban J connectivity index is 2.10. The van der Waals surface area contributed by atoms with Crippen molar-refractivity contribution in [3.8, 4) is 0 Å². The van der Waals surface area contributed by atoms with Crippen LogP contribution in [0.3, 0.4) is 0 Å². The first-order valence-electron chi connectivity index (χ1n) is 4.82. The van der Waals surface area contributed by atoms with E-state index in [2.05, 4.69) is 22.4 Å². The maximum atomic E-state index is 4.07. The summed E-state index contributed by atoms with van der Waals surface area (Å²) in [6.45, 7) is 4.20. The van der Waals surface area contributed by atoms with E-state index in [4.69, 9.17) is 0 Å². The van der Waals surface area contributed by atoms with Crippen molar-refractivity contribution in [2.75, 3.05) is 12.8 Å². The third kappa shape index (κ3) is 4.39. The van der Waals surface area contributed by atoms with Crippen molar-refractivity contribution in [2.45, 2.75) is 37.1 Å². The lowest BCUT2D eigenvalue weighted by molar-refractivity contribution is 0.559. The Morgan fingerprint density at radius 3 is 2.86 bits per heavy atom. The summed E-state index contributed by atoms with van der Waals surface area (Å²) in [4.78, 5) is 0. The molecular weight excluding hydrogens is 214 g/mol. The topological polar surface area (TPSA) is 37.8 Å². The van der Waals surface area contributed by atoms with Gasteiger partial charge in [0.2, 0.25) is 0 Å². The van der Waals surface area contributed by atoms with Crippen molar-refractivity contribution < 1.29 is 0 Å². The monoisotopic (exact) mass is 231 g/mol. The van der Waals surface area contributed by atoms with Gasteiger partial charge in [-0.15, -0.1) is 10.2 Å². The van der Waals surface area contributed by atoms with Crippen LogP contribution in [0.15, 0.2) is 4.34 Å². The van der Waals surface area contributed by atoms with Crippen molar-refractivity contribution in [1.29, 1.82) is 0 Å². The molecule has 1 aromatic rings. The molecule has 0 aromatic carbocycles. The molecule has 1 heterocycles. The average molecular weight is 231 g/mol. The Morgan fingerprint density at radius 2 is 2.29 bits per heavy atom. The van der Waals surface area contributed by atoms with Gasteiger partial charge in [0, 0.05) is 11.8 Å². The van der Waals surface area contributed by atoms with Gasteiger partial charge in [0.25, 0.3) is 0 Å². The number of hydrogen-bond acceptors (Lipinski definition) is 5. The molecule has 0 fully saturated rings. The smallest absolute Gasteiger partial charge is 0.174 e. The molecule has 1 aromatic heterocycles. The van der Waals surface area contributed by atoms with Crippen molar-refractivity contribution >= 4 is 23.1 Å². The van der Waals surface area contributed by atoms with E-state index >= 15 is 0 Å². The Bertz CT molecular complexity index is 262. The van der Waals surface area contributed by atoms with Crippen LogP contribution in [-0.2, 0) is 0 Å². The Morgan fingerprint density at radius 1 is 1.50 bits per heavy atom. The van der Waals surface area contributed by atoms with Gasteiger partial charge >= 0.3 is 0 Å². The molecule has 0 spiro atoms. The molecule has 80 valence electrons. The van der Waals surface area contributed by atoms with Gasteiger partial charge in [-0.05, 0) is 33.7 Å². The first-order chi connectivity index (χ1) is 6.72. The normalized spacial score (nSPS) is 13.1. The van der Waals surface area contributed by atoms with Crippen molar-refractivity contribution in [1.82, 2.24) is 15.5 Å². The summed E-state index contributed by atoms with van der Waals surface area (Å²) in [5.74, 6) is 1.14. The molecule has 0 amide bonds. The molecule has 0 aliphatic rings. The van der Waals surface area contributed by atoms with Crippen molar-refractivity contribution in [3.05, 3.63) is 5.01 Å². The summed E-state index contributed by atoms with van der Waals surface area (Å²) in [7, 11) is 2.01. The van der Waals surface area contributed by atoms with Gasteiger partial charge in [-0.3, -0.25) is 0 Å². The largest absolute Gasteiger partial charge is 0.317 e. The van der Waals surface area contributed by atoms with E-state index in [1.165, 1.54) is 12.8 Å². The zero-order valence-corrected chi connectivity index (χ0v) is 10.5. The lowest BCUT2D eigenvalue weighted by Gasteiger charge is -2.07. The lowest BCUT2D eigenvalue weighted by Crippen LogP contribution is -2.20. The maximum absolute atomic E-state index is 4.07. The van der Waals surface area contributed by atoms with Crippen LogP contribution >= 0.6 is 23.1 Å². The molecule has 1 unspecified atom stereocenters. The van der Waals surface area contributed by atoms with Crippen LogP contribution in [0.2, 0.25) is 0 Å². The second-order valence-electron chi connectivity index (χ2n) is 3.27. The second kappa shape index (κ2) is 6.37. The number of nitrogens with one attached hydrogen (secondary N) is 1. The van der Waals surface area contributed by atoms with E-state index in [1.807, 2.05) is 25.7 Å². The van der Waals surface area contributed by atoms with Crippen LogP contribution in [0, 0.1) is 6.92 Å².